The summed E-state index contributed by atoms with van der Waals surface area (Å²) in [6.07, 6.45) is 5.68. The van der Waals surface area contributed by atoms with Crippen LogP contribution in [0.4, 0.5) is 0 Å². The fraction of sp³-hybridized carbons (Fsp3) is 0.286. The number of hydrogen-bond donors (Lipinski definition) is 0. The summed E-state index contributed by atoms with van der Waals surface area (Å²) in [4.78, 5) is 4.79. The van der Waals surface area contributed by atoms with Gasteiger partial charge in [0.25, 0.3) is 0 Å². The Morgan fingerprint density at radius 3 is 2.57 bits per heavy atom. The third-order valence-electron chi connectivity index (χ3n) is 4.67. The van der Waals surface area contributed by atoms with Gasteiger partial charge in [0.05, 0.1) is 28.4 Å². The maximum absolute atomic E-state index is 12.6. The Kier molecular flexibility index (Phi) is 5.09. The van der Waals surface area contributed by atoms with Crippen LogP contribution >= 0.6 is 0 Å². The predicted octanol–water partition coefficient (Wildman–Crippen LogP) is 4.01. The number of hydrogen-bond acceptors (Lipinski definition) is 4. The van der Waals surface area contributed by atoms with E-state index in [-0.39, 0.29) is 0 Å². The number of aromatic nitrogens is 5. The van der Waals surface area contributed by atoms with Gasteiger partial charge in [0.15, 0.2) is 10.7 Å². The summed E-state index contributed by atoms with van der Waals surface area (Å²) in [5.74, 6) is 0.618. The lowest BCUT2D eigenvalue weighted by Gasteiger charge is -2.07. The van der Waals surface area contributed by atoms with E-state index in [9.17, 15) is 4.21 Å². The van der Waals surface area contributed by atoms with Gasteiger partial charge in [-0.25, -0.2) is 9.50 Å². The molecule has 0 bridgehead atoms. The highest BCUT2D eigenvalue weighted by Crippen LogP contribution is 2.27. The molecular weight excluding hydrogens is 370 g/mol. The predicted molar refractivity (Wildman–Crippen MR) is 112 cm³/mol. The van der Waals surface area contributed by atoms with Gasteiger partial charge >= 0.3 is 0 Å². The van der Waals surface area contributed by atoms with Gasteiger partial charge in [-0.1, -0.05) is 43.2 Å². The minimum Gasteiger partial charge on any atom is -0.275 e. The minimum atomic E-state index is -1.12. The molecule has 0 aliphatic rings. The molecule has 1 aromatic carbocycles. The van der Waals surface area contributed by atoms with Crippen LogP contribution in [-0.4, -0.2) is 34.3 Å². The third kappa shape index (κ3) is 3.62. The summed E-state index contributed by atoms with van der Waals surface area (Å²) < 4.78 is 16.1. The molecule has 144 valence electrons. The lowest BCUT2D eigenvalue weighted by Crippen LogP contribution is -2.01. The van der Waals surface area contributed by atoms with Crippen LogP contribution in [-0.2, 0) is 17.8 Å². The summed E-state index contributed by atoms with van der Waals surface area (Å²) in [7, 11) is 0.764. The Morgan fingerprint density at radius 1 is 1.11 bits per heavy atom. The molecule has 6 nitrogen and oxygen atoms in total. The summed E-state index contributed by atoms with van der Waals surface area (Å²) in [5, 5.41) is 9.48. The normalized spacial score (nSPS) is 12.5. The molecule has 0 aliphatic heterocycles. The van der Waals surface area contributed by atoms with Crippen molar-refractivity contribution in [2.45, 2.75) is 31.7 Å². The van der Waals surface area contributed by atoms with Gasteiger partial charge in [-0.05, 0) is 19.4 Å². The average Bonchev–Trinajstić information content (AvgIpc) is 3.32. The fourth-order valence-electron chi connectivity index (χ4n) is 3.08. The van der Waals surface area contributed by atoms with E-state index in [4.69, 9.17) is 4.98 Å². The highest BCUT2D eigenvalue weighted by molar-refractivity contribution is 7.84. The van der Waals surface area contributed by atoms with E-state index >= 15 is 0 Å². The van der Waals surface area contributed by atoms with Gasteiger partial charge in [-0.15, -0.1) is 0 Å². The van der Waals surface area contributed by atoms with E-state index in [1.807, 2.05) is 31.6 Å². The van der Waals surface area contributed by atoms with Crippen LogP contribution in [0.5, 0.6) is 0 Å². The number of rotatable bonds is 6. The largest absolute Gasteiger partial charge is 0.275 e. The Hall–Kier alpha value is -2.80. The van der Waals surface area contributed by atoms with Gasteiger partial charge < -0.3 is 0 Å². The van der Waals surface area contributed by atoms with Gasteiger partial charge in [-0.3, -0.25) is 8.89 Å². The Labute approximate surface area is 166 Å². The molecule has 0 spiro atoms. The van der Waals surface area contributed by atoms with E-state index in [0.717, 1.165) is 35.4 Å². The highest BCUT2D eigenvalue weighted by atomic mass is 32.2. The standard InChI is InChI=1S/C21H23N5OS/c1-4-5-10-28(27)21-12-20-23-18(16-8-6-15(2)7-9-16)11-19(26(20)24-21)17-13-22-25(3)14-17/h6-9,11-14H,4-5,10H2,1-3H3. The van der Waals surface area contributed by atoms with Crippen molar-refractivity contribution in [1.29, 1.82) is 0 Å². The molecule has 0 saturated heterocycles. The molecule has 0 saturated carbocycles. The van der Waals surface area contributed by atoms with Gasteiger partial charge in [0.1, 0.15) is 0 Å². The van der Waals surface area contributed by atoms with E-state index < -0.39 is 10.8 Å². The third-order valence-corrected chi connectivity index (χ3v) is 5.99. The molecule has 3 aromatic heterocycles. The van der Waals surface area contributed by atoms with Crippen LogP contribution in [0.1, 0.15) is 25.3 Å². The molecule has 7 heteroatoms. The van der Waals surface area contributed by atoms with Gasteiger partial charge in [-0.2, -0.15) is 10.2 Å². The van der Waals surface area contributed by atoms with Crippen molar-refractivity contribution in [3.05, 3.63) is 54.4 Å². The second-order valence-electron chi connectivity index (χ2n) is 6.95. The number of benzene rings is 1. The Bertz CT molecular complexity index is 1140. The van der Waals surface area contributed by atoms with Crippen molar-refractivity contribution >= 4 is 16.4 Å². The topological polar surface area (TPSA) is 65.1 Å². The molecule has 0 fully saturated rings. The second kappa shape index (κ2) is 7.67. The molecular formula is C21H23N5OS. The number of nitrogens with zero attached hydrogens (tertiary/aromatic N) is 5. The van der Waals surface area contributed by atoms with Crippen molar-refractivity contribution < 1.29 is 4.21 Å². The smallest absolute Gasteiger partial charge is 0.157 e. The van der Waals surface area contributed by atoms with Crippen molar-refractivity contribution in [3.63, 3.8) is 0 Å². The maximum Gasteiger partial charge on any atom is 0.157 e. The number of unbranched alkanes of at least 4 members (excludes halogenated alkanes) is 1. The lowest BCUT2D eigenvalue weighted by molar-refractivity contribution is 0.675. The van der Waals surface area contributed by atoms with Gasteiger partial charge in [0.2, 0.25) is 0 Å². The van der Waals surface area contributed by atoms with E-state index in [2.05, 4.69) is 48.3 Å². The Morgan fingerprint density at radius 2 is 1.89 bits per heavy atom. The monoisotopic (exact) mass is 393 g/mol. The molecule has 0 aliphatic carbocycles. The van der Waals surface area contributed by atoms with E-state index in [0.29, 0.717) is 16.4 Å². The molecule has 0 radical (unpaired) electrons. The first-order valence-corrected chi connectivity index (χ1v) is 10.7. The van der Waals surface area contributed by atoms with Crippen molar-refractivity contribution in [2.75, 3.05) is 5.75 Å². The second-order valence-corrected chi connectivity index (χ2v) is 8.47. The van der Waals surface area contributed by atoms with E-state index in [1.54, 1.807) is 9.20 Å². The summed E-state index contributed by atoms with van der Waals surface area (Å²) in [5.41, 5.74) is 5.61. The van der Waals surface area contributed by atoms with Crippen LogP contribution in [0, 0.1) is 6.92 Å². The van der Waals surface area contributed by atoms with Crippen LogP contribution < -0.4 is 0 Å². The number of fused-ring (bicyclic) bond motifs is 1. The minimum absolute atomic E-state index is 0.576. The zero-order valence-electron chi connectivity index (χ0n) is 16.3. The maximum atomic E-state index is 12.6. The summed E-state index contributed by atoms with van der Waals surface area (Å²) in [6, 6.07) is 12.1. The number of aryl methyl sites for hydroxylation is 2. The summed E-state index contributed by atoms with van der Waals surface area (Å²) >= 11 is 0. The molecule has 1 unspecified atom stereocenters. The Balaban J connectivity index is 1.88. The highest BCUT2D eigenvalue weighted by Gasteiger charge is 2.16. The van der Waals surface area contributed by atoms with Crippen LogP contribution in [0.25, 0.3) is 28.2 Å². The quantitative estimate of drug-likeness (QED) is 0.496. The van der Waals surface area contributed by atoms with Crippen molar-refractivity contribution in [1.82, 2.24) is 24.4 Å². The van der Waals surface area contributed by atoms with Crippen molar-refractivity contribution in [2.24, 2.45) is 7.05 Å². The average molecular weight is 394 g/mol. The molecule has 4 aromatic rings. The zero-order valence-corrected chi connectivity index (χ0v) is 17.1. The SMILES string of the molecule is CCCCS(=O)c1cc2nc(-c3ccc(C)cc3)cc(-c3cnn(C)c3)n2n1. The first-order valence-electron chi connectivity index (χ1n) is 9.40. The van der Waals surface area contributed by atoms with Gasteiger partial charge in [0, 0.05) is 36.2 Å². The fourth-order valence-corrected chi connectivity index (χ4v) is 4.25. The summed E-state index contributed by atoms with van der Waals surface area (Å²) in [6.45, 7) is 4.16. The molecule has 4 rings (SSSR count). The first-order chi connectivity index (χ1) is 13.5. The van der Waals surface area contributed by atoms with Crippen LogP contribution in [0.3, 0.4) is 0 Å². The first kappa shape index (κ1) is 18.6. The van der Waals surface area contributed by atoms with E-state index in [1.165, 1.54) is 5.56 Å². The van der Waals surface area contributed by atoms with Crippen LogP contribution in [0.15, 0.2) is 53.8 Å². The molecule has 3 heterocycles. The van der Waals surface area contributed by atoms with Crippen LogP contribution in [0.2, 0.25) is 0 Å². The zero-order chi connectivity index (χ0) is 19.7. The molecule has 0 amide bonds. The molecule has 28 heavy (non-hydrogen) atoms. The lowest BCUT2D eigenvalue weighted by atomic mass is 10.1. The van der Waals surface area contributed by atoms with Crippen molar-refractivity contribution in [3.8, 4) is 22.5 Å². The molecule has 1 atom stereocenters. The molecule has 0 N–H and O–H groups in total.